The van der Waals surface area contributed by atoms with Gasteiger partial charge >= 0.3 is 0 Å². The zero-order chi connectivity index (χ0) is 24.0. The Kier molecular flexibility index (Phi) is 7.24. The lowest BCUT2D eigenvalue weighted by atomic mass is 9.68. The van der Waals surface area contributed by atoms with E-state index in [0.717, 1.165) is 26.7 Å². The number of halogens is 1. The predicted molar refractivity (Wildman–Crippen MR) is 138 cm³/mol. The predicted octanol–water partition coefficient (Wildman–Crippen LogP) is 5.00. The van der Waals surface area contributed by atoms with Gasteiger partial charge in [0.15, 0.2) is 0 Å². The fourth-order valence-corrected chi connectivity index (χ4v) is 4.79. The first-order valence-electron chi connectivity index (χ1n) is 11.0. The van der Waals surface area contributed by atoms with E-state index < -0.39 is 17.4 Å². The molecule has 0 unspecified atom stereocenters. The zero-order valence-electron chi connectivity index (χ0n) is 18.5. The summed E-state index contributed by atoms with van der Waals surface area (Å²) in [5, 5.41) is 2.99. The van der Waals surface area contributed by atoms with Gasteiger partial charge in [-0.3, -0.25) is 9.59 Å². The van der Waals surface area contributed by atoms with E-state index in [0.29, 0.717) is 0 Å². The molecule has 1 atom stereocenters. The number of nitrogens with one attached hydrogen (secondary N) is 1. The van der Waals surface area contributed by atoms with Crippen LogP contribution >= 0.6 is 15.9 Å². The van der Waals surface area contributed by atoms with Crippen LogP contribution in [0.3, 0.4) is 0 Å². The lowest BCUT2D eigenvalue weighted by Gasteiger charge is -2.35. The summed E-state index contributed by atoms with van der Waals surface area (Å²) >= 11 is 3.46. The molecule has 0 bridgehead atoms. The van der Waals surface area contributed by atoms with E-state index in [1.54, 1.807) is 0 Å². The lowest BCUT2D eigenvalue weighted by Crippen LogP contribution is -2.54. The molecular weight excluding hydrogens is 488 g/mol. The van der Waals surface area contributed by atoms with Gasteiger partial charge in [-0.2, -0.15) is 0 Å². The smallest absolute Gasteiger partial charge is 0.240 e. The van der Waals surface area contributed by atoms with Crippen LogP contribution in [0.25, 0.3) is 0 Å². The van der Waals surface area contributed by atoms with Gasteiger partial charge in [-0.05, 0) is 34.4 Å². The van der Waals surface area contributed by atoms with Crippen molar-refractivity contribution in [3.05, 3.63) is 142 Å². The average Bonchev–Trinajstić information content (AvgIpc) is 2.86. The third kappa shape index (κ3) is 4.80. The molecule has 0 heterocycles. The van der Waals surface area contributed by atoms with Crippen LogP contribution in [0.1, 0.15) is 22.3 Å². The molecule has 2 amide bonds. The lowest BCUT2D eigenvalue weighted by molar-refractivity contribution is -0.129. The first-order chi connectivity index (χ1) is 16.5. The number of benzene rings is 4. The van der Waals surface area contributed by atoms with Crippen LogP contribution < -0.4 is 11.1 Å². The molecule has 0 fully saturated rings. The van der Waals surface area contributed by atoms with Gasteiger partial charge in [-0.1, -0.05) is 119 Å². The van der Waals surface area contributed by atoms with E-state index in [-0.39, 0.29) is 12.3 Å². The van der Waals surface area contributed by atoms with Crippen molar-refractivity contribution in [3.63, 3.8) is 0 Å². The minimum atomic E-state index is -1.17. The summed E-state index contributed by atoms with van der Waals surface area (Å²) in [6.45, 7) is 0. The number of nitrogens with two attached hydrogens (primary N) is 1. The standard InChI is InChI=1S/C29H25BrN2O2/c30-25-18-10-11-21(19-25)20-26(27(31)33)32-28(34)29(22-12-4-1-5-13-22,23-14-6-2-7-15-23)24-16-8-3-9-17-24/h1-19,26H,20H2,(H2,31,33)(H,32,34)/t26-/m1/s1. The van der Waals surface area contributed by atoms with Crippen molar-refractivity contribution in [3.8, 4) is 0 Å². The number of amides is 2. The van der Waals surface area contributed by atoms with Gasteiger partial charge < -0.3 is 11.1 Å². The molecule has 0 spiro atoms. The number of hydrogen-bond donors (Lipinski definition) is 2. The van der Waals surface area contributed by atoms with Crippen LogP contribution in [0.2, 0.25) is 0 Å². The molecule has 0 radical (unpaired) electrons. The first kappa shape index (κ1) is 23.5. The molecule has 0 saturated carbocycles. The minimum absolute atomic E-state index is 0.287. The van der Waals surface area contributed by atoms with Gasteiger partial charge in [0.1, 0.15) is 11.5 Å². The first-order valence-corrected chi connectivity index (χ1v) is 11.8. The number of carbonyl (C=O) groups excluding carboxylic acids is 2. The second-order valence-corrected chi connectivity index (χ2v) is 9.03. The van der Waals surface area contributed by atoms with Crippen LogP contribution in [-0.4, -0.2) is 17.9 Å². The number of carbonyl (C=O) groups is 2. The largest absolute Gasteiger partial charge is 0.368 e. The maximum atomic E-state index is 14.3. The van der Waals surface area contributed by atoms with Crippen molar-refractivity contribution in [2.45, 2.75) is 17.9 Å². The summed E-state index contributed by atoms with van der Waals surface area (Å²) in [5.41, 5.74) is 7.89. The van der Waals surface area contributed by atoms with Gasteiger partial charge in [0.25, 0.3) is 0 Å². The summed E-state index contributed by atoms with van der Waals surface area (Å²) in [7, 11) is 0. The molecule has 0 saturated heterocycles. The zero-order valence-corrected chi connectivity index (χ0v) is 20.1. The molecular formula is C29H25BrN2O2. The third-order valence-electron chi connectivity index (χ3n) is 5.94. The van der Waals surface area contributed by atoms with Gasteiger partial charge in [0.05, 0.1) is 0 Å². The maximum Gasteiger partial charge on any atom is 0.240 e. The van der Waals surface area contributed by atoms with Crippen molar-refractivity contribution < 1.29 is 9.59 Å². The highest BCUT2D eigenvalue weighted by Crippen LogP contribution is 2.39. The molecule has 4 aromatic carbocycles. The molecule has 34 heavy (non-hydrogen) atoms. The Morgan fingerprint density at radius 3 is 1.62 bits per heavy atom. The van der Waals surface area contributed by atoms with Crippen LogP contribution in [0, 0.1) is 0 Å². The summed E-state index contributed by atoms with van der Waals surface area (Å²) in [4.78, 5) is 26.8. The monoisotopic (exact) mass is 512 g/mol. The second kappa shape index (κ2) is 10.5. The quantitative estimate of drug-likeness (QED) is 0.326. The number of rotatable bonds is 8. The molecule has 5 heteroatoms. The Morgan fingerprint density at radius 2 is 1.21 bits per heavy atom. The van der Waals surface area contributed by atoms with E-state index in [1.165, 1.54) is 0 Å². The van der Waals surface area contributed by atoms with E-state index in [4.69, 9.17) is 5.73 Å². The highest BCUT2D eigenvalue weighted by Gasteiger charge is 2.44. The fraction of sp³-hybridized carbons (Fsp3) is 0.103. The SMILES string of the molecule is NC(=O)[C@@H](Cc1cccc(Br)c1)NC(=O)C(c1ccccc1)(c1ccccc1)c1ccccc1. The fourth-order valence-electron chi connectivity index (χ4n) is 4.35. The molecule has 4 nitrogen and oxygen atoms in total. The molecule has 0 aromatic heterocycles. The number of primary amides is 1. The second-order valence-electron chi connectivity index (χ2n) is 8.11. The highest BCUT2D eigenvalue weighted by atomic mass is 79.9. The van der Waals surface area contributed by atoms with E-state index in [9.17, 15) is 9.59 Å². The molecule has 0 aliphatic rings. The molecule has 0 aliphatic heterocycles. The summed E-state index contributed by atoms with van der Waals surface area (Å²) < 4.78 is 0.895. The van der Waals surface area contributed by atoms with Crippen molar-refractivity contribution in [1.82, 2.24) is 5.32 Å². The van der Waals surface area contributed by atoms with E-state index in [1.807, 2.05) is 115 Å². The topological polar surface area (TPSA) is 72.2 Å². The van der Waals surface area contributed by atoms with E-state index >= 15 is 0 Å². The van der Waals surface area contributed by atoms with Gasteiger partial charge in [0.2, 0.25) is 11.8 Å². The molecule has 4 aromatic rings. The van der Waals surface area contributed by atoms with Crippen molar-refractivity contribution in [2.75, 3.05) is 0 Å². The highest BCUT2D eigenvalue weighted by molar-refractivity contribution is 9.10. The Labute approximate surface area is 208 Å². The molecule has 4 rings (SSSR count). The van der Waals surface area contributed by atoms with Crippen molar-refractivity contribution >= 4 is 27.7 Å². The van der Waals surface area contributed by atoms with Gasteiger partial charge in [-0.15, -0.1) is 0 Å². The minimum Gasteiger partial charge on any atom is -0.368 e. The molecule has 170 valence electrons. The van der Waals surface area contributed by atoms with Crippen LogP contribution in [0.5, 0.6) is 0 Å². The van der Waals surface area contributed by atoms with Crippen LogP contribution in [-0.2, 0) is 21.4 Å². The summed E-state index contributed by atoms with van der Waals surface area (Å²) in [6.07, 6.45) is 0.287. The number of hydrogen-bond acceptors (Lipinski definition) is 2. The van der Waals surface area contributed by atoms with Crippen molar-refractivity contribution in [1.29, 1.82) is 0 Å². The van der Waals surface area contributed by atoms with Crippen molar-refractivity contribution in [2.24, 2.45) is 5.73 Å². The van der Waals surface area contributed by atoms with Crippen LogP contribution in [0.15, 0.2) is 120 Å². The average molecular weight is 513 g/mol. The van der Waals surface area contributed by atoms with Crippen LogP contribution in [0.4, 0.5) is 0 Å². The molecule has 3 N–H and O–H groups in total. The van der Waals surface area contributed by atoms with E-state index in [2.05, 4.69) is 21.2 Å². The Balaban J connectivity index is 1.84. The maximum absolute atomic E-state index is 14.3. The summed E-state index contributed by atoms with van der Waals surface area (Å²) in [5.74, 6) is -0.897. The normalized spacial score (nSPS) is 12.0. The summed E-state index contributed by atoms with van der Waals surface area (Å²) in [6, 6.07) is 35.6. The van der Waals surface area contributed by atoms with Gasteiger partial charge in [-0.25, -0.2) is 0 Å². The Bertz CT molecular complexity index is 1160. The Morgan fingerprint density at radius 1 is 0.735 bits per heavy atom. The Hall–Kier alpha value is -3.70. The van der Waals surface area contributed by atoms with Gasteiger partial charge in [0, 0.05) is 10.9 Å². The molecule has 0 aliphatic carbocycles. The third-order valence-corrected chi connectivity index (χ3v) is 6.43.